The summed E-state index contributed by atoms with van der Waals surface area (Å²) in [6, 6.07) is 41.3. The molecule has 5 rings (SSSR count). The number of hydrogen-bond acceptors (Lipinski definition) is 6. The maximum Gasteiger partial charge on any atom is 0.328 e. The molecule has 0 fully saturated rings. The Morgan fingerprint density at radius 3 is 1.32 bits per heavy atom. The van der Waals surface area contributed by atoms with Crippen LogP contribution in [0.15, 0.2) is 152 Å². The summed E-state index contributed by atoms with van der Waals surface area (Å²) >= 11 is 0. The van der Waals surface area contributed by atoms with Gasteiger partial charge in [-0.25, -0.2) is 9.59 Å². The van der Waals surface area contributed by atoms with Crippen LogP contribution in [0.1, 0.15) is 34.7 Å². The highest BCUT2D eigenvalue weighted by Gasteiger charge is 1.98. The van der Waals surface area contributed by atoms with Crippen LogP contribution in [0, 0.1) is 0 Å². The SMILES string of the molecule is CC(=O)/C=C/c1cccc(OCc2ccccc2)c1.O=C(O)/C=C/c1cccc(O)c1.O=C(O)/C=C/c1cccc(OCc2ccccc2)c1. The van der Waals surface area contributed by atoms with Crippen molar-refractivity contribution in [3.8, 4) is 17.2 Å². The molecule has 0 spiro atoms. The molecule has 5 aromatic carbocycles. The molecule has 3 N–H and O–H groups in total. The molecular weight excluding hydrogens is 632 g/mol. The maximum absolute atomic E-state index is 10.9. The third kappa shape index (κ3) is 16.2. The highest BCUT2D eigenvalue weighted by molar-refractivity contribution is 5.91. The van der Waals surface area contributed by atoms with Crippen LogP contribution in [0.3, 0.4) is 0 Å². The second kappa shape index (κ2) is 21.3. The Hall–Kier alpha value is -6.67. The lowest BCUT2D eigenvalue weighted by atomic mass is 10.2. The summed E-state index contributed by atoms with van der Waals surface area (Å²) in [5.74, 6) is -0.280. The molecule has 0 saturated carbocycles. The number of carbonyl (C=O) groups is 3. The largest absolute Gasteiger partial charge is 0.508 e. The van der Waals surface area contributed by atoms with Gasteiger partial charge in [-0.1, -0.05) is 103 Å². The molecule has 0 radical (unpaired) electrons. The van der Waals surface area contributed by atoms with Crippen LogP contribution in [-0.2, 0) is 27.6 Å². The van der Waals surface area contributed by atoms with Gasteiger partial charge >= 0.3 is 11.9 Å². The van der Waals surface area contributed by atoms with Gasteiger partial charge in [0.05, 0.1) is 0 Å². The van der Waals surface area contributed by atoms with Crippen LogP contribution in [0.2, 0.25) is 0 Å². The lowest BCUT2D eigenvalue weighted by molar-refractivity contribution is -0.132. The van der Waals surface area contributed by atoms with E-state index >= 15 is 0 Å². The van der Waals surface area contributed by atoms with Crippen molar-refractivity contribution in [2.24, 2.45) is 0 Å². The third-order valence-electron chi connectivity index (χ3n) is 6.43. The van der Waals surface area contributed by atoms with E-state index in [1.807, 2.05) is 109 Å². The van der Waals surface area contributed by atoms with Crippen molar-refractivity contribution in [3.63, 3.8) is 0 Å². The summed E-state index contributed by atoms with van der Waals surface area (Å²) in [5, 5.41) is 25.9. The molecule has 254 valence electrons. The number of aromatic hydroxyl groups is 1. The number of phenolic OH excluding ortho intramolecular Hbond substituents is 1. The van der Waals surface area contributed by atoms with Gasteiger partial charge in [0.25, 0.3) is 0 Å². The number of carbonyl (C=O) groups excluding carboxylic acids is 1. The fraction of sp³-hybridized carbons (Fsp3) is 0.0714. The molecule has 0 atom stereocenters. The van der Waals surface area contributed by atoms with E-state index in [1.165, 1.54) is 31.2 Å². The smallest absolute Gasteiger partial charge is 0.328 e. The first-order valence-corrected chi connectivity index (χ1v) is 15.5. The minimum atomic E-state index is -1.00. The van der Waals surface area contributed by atoms with Gasteiger partial charge in [0.15, 0.2) is 5.78 Å². The average molecular weight is 671 g/mol. The van der Waals surface area contributed by atoms with E-state index in [9.17, 15) is 14.4 Å². The van der Waals surface area contributed by atoms with Crippen molar-refractivity contribution in [1.29, 1.82) is 0 Å². The number of carboxylic acids is 2. The number of ether oxygens (including phenoxy) is 2. The van der Waals surface area contributed by atoms with E-state index in [0.717, 1.165) is 45.9 Å². The number of allylic oxidation sites excluding steroid dienone is 1. The molecule has 0 aliphatic carbocycles. The summed E-state index contributed by atoms with van der Waals surface area (Å²) < 4.78 is 11.4. The fourth-order valence-corrected chi connectivity index (χ4v) is 4.07. The van der Waals surface area contributed by atoms with Crippen LogP contribution in [0.4, 0.5) is 0 Å². The molecule has 0 unspecified atom stereocenters. The first-order chi connectivity index (χ1) is 24.2. The van der Waals surface area contributed by atoms with Gasteiger partial charge in [0.1, 0.15) is 30.5 Å². The van der Waals surface area contributed by atoms with E-state index in [0.29, 0.717) is 18.8 Å². The van der Waals surface area contributed by atoms with E-state index < -0.39 is 11.9 Å². The second-order valence-corrected chi connectivity index (χ2v) is 10.6. The van der Waals surface area contributed by atoms with E-state index in [-0.39, 0.29) is 11.5 Å². The number of hydrogen-bond donors (Lipinski definition) is 3. The van der Waals surface area contributed by atoms with Crippen LogP contribution >= 0.6 is 0 Å². The third-order valence-corrected chi connectivity index (χ3v) is 6.43. The Labute approximate surface area is 291 Å². The number of ketones is 1. The zero-order valence-corrected chi connectivity index (χ0v) is 27.5. The molecule has 0 aliphatic heterocycles. The minimum Gasteiger partial charge on any atom is -0.508 e. The van der Waals surface area contributed by atoms with Crippen molar-refractivity contribution >= 4 is 35.9 Å². The first-order valence-electron chi connectivity index (χ1n) is 15.5. The maximum atomic E-state index is 10.9. The lowest BCUT2D eigenvalue weighted by Gasteiger charge is -2.06. The first kappa shape index (κ1) is 37.8. The summed E-state index contributed by atoms with van der Waals surface area (Å²) in [5.41, 5.74) is 4.65. The molecule has 8 nitrogen and oxygen atoms in total. The monoisotopic (exact) mass is 670 g/mol. The van der Waals surface area contributed by atoms with Crippen LogP contribution in [0.5, 0.6) is 17.2 Å². The molecular formula is C42H38O8. The zero-order chi connectivity index (χ0) is 36.0. The van der Waals surface area contributed by atoms with Crippen molar-refractivity contribution in [3.05, 3.63) is 180 Å². The molecule has 0 bridgehead atoms. The van der Waals surface area contributed by atoms with Gasteiger partial charge in [-0.2, -0.15) is 0 Å². The number of phenols is 1. The quantitative estimate of drug-likeness (QED) is 0.112. The lowest BCUT2D eigenvalue weighted by Crippen LogP contribution is -1.95. The Balaban J connectivity index is 0.000000209. The summed E-state index contributed by atoms with van der Waals surface area (Å²) in [7, 11) is 0. The van der Waals surface area contributed by atoms with Crippen LogP contribution in [-0.4, -0.2) is 33.0 Å². The standard InChI is InChI=1S/C17H16O2.C16H14O3.C9H8O3/c1-14(18)10-11-15-8-5-9-17(12-15)19-13-16-6-3-2-4-7-16;17-16(18)10-9-13-7-4-8-15(11-13)19-12-14-5-2-1-3-6-14;10-8-3-1-2-7(6-8)4-5-9(11)12/h2-12H,13H2,1H3;1-11H,12H2,(H,17,18);1-6,10H,(H,11,12)/b11-10+;10-9+;5-4+. The predicted octanol–water partition coefficient (Wildman–Crippen LogP) is 8.72. The van der Waals surface area contributed by atoms with Gasteiger partial charge in [-0.05, 0) is 89.4 Å². The van der Waals surface area contributed by atoms with Crippen molar-refractivity contribution < 1.29 is 39.2 Å². The normalized spacial score (nSPS) is 10.5. The second-order valence-electron chi connectivity index (χ2n) is 10.6. The highest BCUT2D eigenvalue weighted by Crippen LogP contribution is 2.17. The average Bonchev–Trinajstić information content (AvgIpc) is 3.12. The van der Waals surface area contributed by atoms with Gasteiger partial charge in [-0.3, -0.25) is 4.79 Å². The van der Waals surface area contributed by atoms with Crippen molar-refractivity contribution in [2.75, 3.05) is 0 Å². The number of benzene rings is 5. The molecule has 0 amide bonds. The summed E-state index contributed by atoms with van der Waals surface area (Å²) in [6.07, 6.45) is 8.43. The zero-order valence-electron chi connectivity index (χ0n) is 27.5. The number of aliphatic carboxylic acids is 2. The topological polar surface area (TPSA) is 130 Å². The van der Waals surface area contributed by atoms with E-state index in [2.05, 4.69) is 0 Å². The predicted molar refractivity (Wildman–Crippen MR) is 196 cm³/mol. The van der Waals surface area contributed by atoms with Crippen LogP contribution in [0.25, 0.3) is 18.2 Å². The molecule has 0 aromatic heterocycles. The molecule has 0 saturated heterocycles. The van der Waals surface area contributed by atoms with Gasteiger partial charge in [0.2, 0.25) is 0 Å². The van der Waals surface area contributed by atoms with Gasteiger partial charge < -0.3 is 24.8 Å². The number of rotatable bonds is 12. The van der Waals surface area contributed by atoms with E-state index in [1.54, 1.807) is 24.3 Å². The Kier molecular flexibility index (Phi) is 16.1. The van der Waals surface area contributed by atoms with Gasteiger partial charge in [-0.15, -0.1) is 0 Å². The molecule has 50 heavy (non-hydrogen) atoms. The fourth-order valence-electron chi connectivity index (χ4n) is 4.07. The Bertz CT molecular complexity index is 1790. The molecule has 0 aliphatic rings. The summed E-state index contributed by atoms with van der Waals surface area (Å²) in [6.45, 7) is 2.57. The Morgan fingerprint density at radius 1 is 0.520 bits per heavy atom. The minimum absolute atomic E-state index is 0.0376. The molecule has 8 heteroatoms. The van der Waals surface area contributed by atoms with E-state index in [4.69, 9.17) is 24.8 Å². The van der Waals surface area contributed by atoms with Crippen LogP contribution < -0.4 is 9.47 Å². The van der Waals surface area contributed by atoms with Crippen molar-refractivity contribution in [2.45, 2.75) is 20.1 Å². The van der Waals surface area contributed by atoms with Gasteiger partial charge in [0, 0.05) is 12.2 Å². The van der Waals surface area contributed by atoms with Crippen molar-refractivity contribution in [1.82, 2.24) is 0 Å². The molecule has 0 heterocycles. The summed E-state index contributed by atoms with van der Waals surface area (Å²) in [4.78, 5) is 31.5. The Morgan fingerprint density at radius 2 is 0.920 bits per heavy atom. The number of carboxylic acid groups (broad SMARTS) is 2. The highest BCUT2D eigenvalue weighted by atomic mass is 16.5. The molecule has 5 aromatic rings.